The van der Waals surface area contributed by atoms with Gasteiger partial charge in [0.05, 0.1) is 5.75 Å². The third-order valence-electron chi connectivity index (χ3n) is 4.82. The molecule has 1 amide bonds. The molecule has 0 unspecified atom stereocenters. The molecule has 21 heavy (non-hydrogen) atoms. The molecule has 1 heterocycles. The zero-order valence-electron chi connectivity index (χ0n) is 13.1. The summed E-state index contributed by atoms with van der Waals surface area (Å²) in [6.45, 7) is 2.23. The number of hydrogen-bond acceptors (Lipinski definition) is 4. The minimum atomic E-state index is -3.02. The minimum Gasteiger partial charge on any atom is -0.353 e. The Labute approximate surface area is 128 Å². The van der Waals surface area contributed by atoms with Crippen molar-refractivity contribution in [1.82, 2.24) is 10.2 Å². The highest BCUT2D eigenvalue weighted by molar-refractivity contribution is 7.90. The van der Waals surface area contributed by atoms with Crippen LogP contribution in [-0.2, 0) is 14.6 Å². The number of nitrogens with one attached hydrogen (secondary N) is 1. The third kappa shape index (κ3) is 4.42. The molecule has 0 aromatic rings. The third-order valence-corrected chi connectivity index (χ3v) is 5.77. The van der Waals surface area contributed by atoms with Gasteiger partial charge < -0.3 is 5.32 Å². The van der Waals surface area contributed by atoms with E-state index in [1.54, 1.807) is 0 Å². The zero-order chi connectivity index (χ0) is 15.3. The van der Waals surface area contributed by atoms with Gasteiger partial charge in [-0.25, -0.2) is 8.42 Å². The molecular weight excluding hydrogens is 288 g/mol. The molecule has 122 valence electrons. The fourth-order valence-corrected chi connectivity index (χ4v) is 4.13. The first-order chi connectivity index (χ1) is 9.94. The quantitative estimate of drug-likeness (QED) is 0.831. The lowest BCUT2D eigenvalue weighted by molar-refractivity contribution is -0.137. The van der Waals surface area contributed by atoms with Gasteiger partial charge in [0, 0.05) is 12.8 Å². The van der Waals surface area contributed by atoms with Crippen molar-refractivity contribution in [2.75, 3.05) is 31.6 Å². The van der Waals surface area contributed by atoms with Crippen molar-refractivity contribution in [3.63, 3.8) is 0 Å². The van der Waals surface area contributed by atoms with Gasteiger partial charge in [0.2, 0.25) is 5.91 Å². The molecule has 0 bridgehead atoms. The van der Waals surface area contributed by atoms with Crippen LogP contribution in [0.2, 0.25) is 0 Å². The van der Waals surface area contributed by atoms with Crippen LogP contribution in [0.15, 0.2) is 0 Å². The van der Waals surface area contributed by atoms with Crippen LogP contribution in [0.25, 0.3) is 0 Å². The van der Waals surface area contributed by atoms with Crippen LogP contribution in [0.1, 0.15) is 51.4 Å². The largest absolute Gasteiger partial charge is 0.353 e. The summed E-state index contributed by atoms with van der Waals surface area (Å²) in [6.07, 6.45) is 10.0. The highest BCUT2D eigenvalue weighted by atomic mass is 32.2. The van der Waals surface area contributed by atoms with Crippen molar-refractivity contribution < 1.29 is 13.2 Å². The van der Waals surface area contributed by atoms with Crippen molar-refractivity contribution in [2.24, 2.45) is 0 Å². The molecule has 1 N–H and O–H groups in total. The van der Waals surface area contributed by atoms with E-state index in [-0.39, 0.29) is 23.7 Å². The summed E-state index contributed by atoms with van der Waals surface area (Å²) < 4.78 is 22.4. The number of rotatable bonds is 5. The molecule has 0 atom stereocenters. The predicted octanol–water partition coefficient (Wildman–Crippen LogP) is 1.34. The Morgan fingerprint density at radius 2 is 1.62 bits per heavy atom. The number of likely N-dealkylation sites (tertiary alicyclic amines) is 1. The molecule has 1 aliphatic heterocycles. The van der Waals surface area contributed by atoms with Gasteiger partial charge in [-0.2, -0.15) is 0 Å². The lowest BCUT2D eigenvalue weighted by Gasteiger charge is -2.46. The average Bonchev–Trinajstić information content (AvgIpc) is 2.47. The van der Waals surface area contributed by atoms with Crippen LogP contribution < -0.4 is 5.32 Å². The SMILES string of the molecule is CS(=O)(=O)CCNC(=O)C1(N2CCCCC2)CCCCC1. The first-order valence-corrected chi connectivity index (χ1v) is 10.2. The summed E-state index contributed by atoms with van der Waals surface area (Å²) in [4.78, 5) is 15.1. The standard InChI is InChI=1S/C15H28N2O3S/c1-21(19,20)13-10-16-14(18)15(8-4-2-5-9-15)17-11-6-3-7-12-17/h2-13H2,1H3,(H,16,18). The van der Waals surface area contributed by atoms with Crippen molar-refractivity contribution in [2.45, 2.75) is 56.9 Å². The number of hydrogen-bond donors (Lipinski definition) is 1. The van der Waals surface area contributed by atoms with Crippen molar-refractivity contribution in [3.8, 4) is 0 Å². The number of piperidine rings is 1. The minimum absolute atomic E-state index is 0.0226. The molecule has 6 heteroatoms. The van der Waals surface area contributed by atoms with Gasteiger partial charge in [0.15, 0.2) is 0 Å². The summed E-state index contributed by atoms with van der Waals surface area (Å²) in [7, 11) is -3.02. The highest BCUT2D eigenvalue weighted by Crippen LogP contribution is 2.35. The molecular formula is C15H28N2O3S. The maximum atomic E-state index is 12.8. The summed E-state index contributed by atoms with van der Waals surface area (Å²) >= 11 is 0. The normalized spacial score (nSPS) is 23.7. The second kappa shape index (κ2) is 7.09. The molecule has 1 saturated heterocycles. The summed E-state index contributed by atoms with van der Waals surface area (Å²) in [6, 6.07) is 0. The maximum Gasteiger partial charge on any atom is 0.240 e. The number of sulfone groups is 1. The molecule has 1 saturated carbocycles. The van der Waals surface area contributed by atoms with Gasteiger partial charge >= 0.3 is 0 Å². The number of nitrogens with zero attached hydrogens (tertiary/aromatic N) is 1. The van der Waals surface area contributed by atoms with E-state index < -0.39 is 9.84 Å². The van der Waals surface area contributed by atoms with Crippen LogP contribution in [0, 0.1) is 0 Å². The monoisotopic (exact) mass is 316 g/mol. The molecule has 2 fully saturated rings. The zero-order valence-corrected chi connectivity index (χ0v) is 13.9. The number of amides is 1. The van der Waals surface area contributed by atoms with Gasteiger partial charge in [-0.1, -0.05) is 25.7 Å². The van der Waals surface area contributed by atoms with Crippen molar-refractivity contribution in [1.29, 1.82) is 0 Å². The molecule has 1 aliphatic carbocycles. The van der Waals surface area contributed by atoms with Crippen molar-refractivity contribution >= 4 is 15.7 Å². The first kappa shape index (κ1) is 16.7. The topological polar surface area (TPSA) is 66.5 Å². The van der Waals surface area contributed by atoms with Gasteiger partial charge in [-0.3, -0.25) is 9.69 Å². The van der Waals surface area contributed by atoms with E-state index in [2.05, 4.69) is 10.2 Å². The van der Waals surface area contributed by atoms with E-state index in [1.165, 1.54) is 31.9 Å². The Bertz CT molecular complexity index is 450. The number of carbonyl (C=O) groups is 1. The van der Waals surface area contributed by atoms with Gasteiger partial charge in [-0.05, 0) is 38.8 Å². The van der Waals surface area contributed by atoms with E-state index in [0.29, 0.717) is 0 Å². The average molecular weight is 316 g/mol. The molecule has 0 aromatic heterocycles. The molecule has 0 aromatic carbocycles. The summed E-state index contributed by atoms with van der Waals surface area (Å²) in [5, 5.41) is 2.89. The lowest BCUT2D eigenvalue weighted by Crippen LogP contribution is -2.61. The van der Waals surface area contributed by atoms with Gasteiger partial charge in [0.25, 0.3) is 0 Å². The van der Waals surface area contributed by atoms with E-state index in [4.69, 9.17) is 0 Å². The van der Waals surface area contributed by atoms with Crippen LogP contribution in [-0.4, -0.2) is 56.4 Å². The Kier molecular flexibility index (Phi) is 5.66. The second-order valence-corrected chi connectivity index (χ2v) is 8.79. The van der Waals surface area contributed by atoms with Crippen molar-refractivity contribution in [3.05, 3.63) is 0 Å². The van der Waals surface area contributed by atoms with Crippen LogP contribution in [0.3, 0.4) is 0 Å². The summed E-state index contributed by atoms with van der Waals surface area (Å²) in [5.74, 6) is 0.0715. The molecule has 2 rings (SSSR count). The lowest BCUT2D eigenvalue weighted by atomic mass is 9.78. The molecule has 0 radical (unpaired) electrons. The smallest absolute Gasteiger partial charge is 0.240 e. The molecule has 5 nitrogen and oxygen atoms in total. The Hall–Kier alpha value is -0.620. The Morgan fingerprint density at radius 3 is 2.19 bits per heavy atom. The highest BCUT2D eigenvalue weighted by Gasteiger charge is 2.44. The number of carbonyl (C=O) groups excluding carboxylic acids is 1. The van der Waals surface area contributed by atoms with Crippen LogP contribution >= 0.6 is 0 Å². The van der Waals surface area contributed by atoms with Gasteiger partial charge in [-0.15, -0.1) is 0 Å². The summed E-state index contributed by atoms with van der Waals surface area (Å²) in [5.41, 5.74) is -0.379. The predicted molar refractivity (Wildman–Crippen MR) is 84.0 cm³/mol. The van der Waals surface area contributed by atoms with E-state index >= 15 is 0 Å². The van der Waals surface area contributed by atoms with E-state index in [1.807, 2.05) is 0 Å². The van der Waals surface area contributed by atoms with Gasteiger partial charge in [0.1, 0.15) is 15.4 Å². The fraction of sp³-hybridized carbons (Fsp3) is 0.933. The van der Waals surface area contributed by atoms with E-state index in [9.17, 15) is 13.2 Å². The Morgan fingerprint density at radius 1 is 1.05 bits per heavy atom. The fourth-order valence-electron chi connectivity index (χ4n) is 3.66. The molecule has 2 aliphatic rings. The molecule has 0 spiro atoms. The first-order valence-electron chi connectivity index (χ1n) is 8.15. The van der Waals surface area contributed by atoms with Crippen LogP contribution in [0.4, 0.5) is 0 Å². The van der Waals surface area contributed by atoms with E-state index in [0.717, 1.165) is 38.8 Å². The Balaban J connectivity index is 2.02. The second-order valence-electron chi connectivity index (χ2n) is 6.53. The maximum absolute atomic E-state index is 12.8. The van der Waals surface area contributed by atoms with Crippen LogP contribution in [0.5, 0.6) is 0 Å².